The first-order chi connectivity index (χ1) is 7.34. The molecular weight excluding hydrogens is 180 g/mol. The summed E-state index contributed by atoms with van der Waals surface area (Å²) in [4.78, 5) is 0. The van der Waals surface area contributed by atoms with E-state index in [4.69, 9.17) is 0 Å². The van der Waals surface area contributed by atoms with Crippen LogP contribution in [0.25, 0.3) is 0 Å². The van der Waals surface area contributed by atoms with Gasteiger partial charge in [-0.15, -0.1) is 0 Å². The minimum Gasteiger partial charge on any atom is -0.0979 e. The van der Waals surface area contributed by atoms with Gasteiger partial charge in [0.05, 0.1) is 0 Å². The van der Waals surface area contributed by atoms with Crippen LogP contribution < -0.4 is 0 Å². The molecule has 0 heterocycles. The highest BCUT2D eigenvalue weighted by atomic mass is 13.9. The Labute approximate surface area is 94.7 Å². The van der Waals surface area contributed by atoms with Crippen LogP contribution in [0, 0.1) is 18.8 Å². The third-order valence-corrected chi connectivity index (χ3v) is 2.02. The van der Waals surface area contributed by atoms with Crippen LogP contribution in [0.1, 0.15) is 51.2 Å². The lowest BCUT2D eigenvalue weighted by Gasteiger charge is -1.94. The van der Waals surface area contributed by atoms with Gasteiger partial charge in [-0.3, -0.25) is 0 Å². The fourth-order valence-electron chi connectivity index (χ4n) is 1.14. The van der Waals surface area contributed by atoms with E-state index in [0.29, 0.717) is 0 Å². The van der Waals surface area contributed by atoms with Crippen molar-refractivity contribution in [2.75, 3.05) is 0 Å². The van der Waals surface area contributed by atoms with Crippen LogP contribution in [0.15, 0.2) is 24.3 Å². The Morgan fingerprint density at radius 2 is 1.80 bits per heavy atom. The van der Waals surface area contributed by atoms with Crippen molar-refractivity contribution in [2.24, 2.45) is 0 Å². The molecule has 0 aliphatic heterocycles. The summed E-state index contributed by atoms with van der Waals surface area (Å²) in [5, 5.41) is 0. The average Bonchev–Trinajstić information content (AvgIpc) is 2.29. The molecule has 0 saturated heterocycles. The summed E-state index contributed by atoms with van der Waals surface area (Å²) in [6.07, 6.45) is 3.45. The standard InChI is InChI=1S/C13H16.C2H6/c1-3-4-5-6-10-13-11-8-7-9-12(13)2;1-2/h7-9,11H,3-5H2,1-2H3;1-2H3. The molecule has 0 saturated carbocycles. The minimum atomic E-state index is 1.02. The van der Waals surface area contributed by atoms with Crippen LogP contribution in [-0.2, 0) is 0 Å². The molecule has 0 bridgehead atoms. The van der Waals surface area contributed by atoms with E-state index in [1.54, 1.807) is 0 Å². The molecule has 0 heteroatoms. The Balaban J connectivity index is 0.000000921. The summed E-state index contributed by atoms with van der Waals surface area (Å²) in [5.41, 5.74) is 2.44. The molecule has 0 nitrogen and oxygen atoms in total. The molecule has 0 atom stereocenters. The summed E-state index contributed by atoms with van der Waals surface area (Å²) in [7, 11) is 0. The van der Waals surface area contributed by atoms with Gasteiger partial charge in [0.2, 0.25) is 0 Å². The lowest BCUT2D eigenvalue weighted by molar-refractivity contribution is 0.828. The van der Waals surface area contributed by atoms with Crippen LogP contribution in [0.4, 0.5) is 0 Å². The highest BCUT2D eigenvalue weighted by Gasteiger charge is 1.89. The first kappa shape index (κ1) is 13.8. The summed E-state index contributed by atoms with van der Waals surface area (Å²) in [6.45, 7) is 8.29. The molecule has 0 aromatic heterocycles. The second kappa shape index (κ2) is 9.34. The first-order valence-electron chi connectivity index (χ1n) is 5.89. The zero-order valence-electron chi connectivity index (χ0n) is 10.4. The van der Waals surface area contributed by atoms with Crippen LogP contribution >= 0.6 is 0 Å². The Bertz CT molecular complexity index is 312. The van der Waals surface area contributed by atoms with Crippen LogP contribution in [0.2, 0.25) is 0 Å². The number of hydrogen-bond donors (Lipinski definition) is 0. The van der Waals surface area contributed by atoms with E-state index in [0.717, 1.165) is 6.42 Å². The quantitative estimate of drug-likeness (QED) is 0.487. The van der Waals surface area contributed by atoms with Crippen LogP contribution in [0.5, 0.6) is 0 Å². The summed E-state index contributed by atoms with van der Waals surface area (Å²) >= 11 is 0. The van der Waals surface area contributed by atoms with Crippen molar-refractivity contribution < 1.29 is 0 Å². The van der Waals surface area contributed by atoms with Gasteiger partial charge in [0.1, 0.15) is 0 Å². The highest BCUT2D eigenvalue weighted by molar-refractivity contribution is 5.40. The number of rotatable bonds is 2. The summed E-state index contributed by atoms with van der Waals surface area (Å²) < 4.78 is 0. The maximum Gasteiger partial charge on any atom is 0.0274 e. The van der Waals surface area contributed by atoms with Gasteiger partial charge in [0.15, 0.2) is 0 Å². The van der Waals surface area contributed by atoms with Gasteiger partial charge in [-0.2, -0.15) is 0 Å². The molecule has 1 rings (SSSR count). The predicted octanol–water partition coefficient (Wildman–Crippen LogP) is 4.56. The second-order valence-corrected chi connectivity index (χ2v) is 3.22. The smallest absolute Gasteiger partial charge is 0.0274 e. The molecule has 0 fully saturated rings. The van der Waals surface area contributed by atoms with Crippen molar-refractivity contribution in [1.82, 2.24) is 0 Å². The molecular formula is C15H22. The zero-order valence-corrected chi connectivity index (χ0v) is 10.4. The van der Waals surface area contributed by atoms with E-state index >= 15 is 0 Å². The fourth-order valence-corrected chi connectivity index (χ4v) is 1.14. The number of hydrogen-bond acceptors (Lipinski definition) is 0. The van der Waals surface area contributed by atoms with Gasteiger partial charge in [-0.25, -0.2) is 0 Å². The van der Waals surface area contributed by atoms with E-state index in [-0.39, 0.29) is 0 Å². The van der Waals surface area contributed by atoms with Crippen molar-refractivity contribution >= 4 is 0 Å². The molecule has 0 N–H and O–H groups in total. The molecule has 82 valence electrons. The molecule has 1 aromatic rings. The van der Waals surface area contributed by atoms with Gasteiger partial charge in [-0.05, 0) is 25.0 Å². The maximum atomic E-state index is 3.20. The minimum absolute atomic E-state index is 1.02. The Hall–Kier alpha value is -1.22. The molecule has 0 aliphatic rings. The molecule has 0 radical (unpaired) electrons. The Morgan fingerprint density at radius 3 is 2.40 bits per heavy atom. The topological polar surface area (TPSA) is 0 Å². The van der Waals surface area contributed by atoms with Gasteiger partial charge < -0.3 is 0 Å². The van der Waals surface area contributed by atoms with Gasteiger partial charge in [-0.1, -0.05) is 57.2 Å². The van der Waals surface area contributed by atoms with E-state index in [1.165, 1.54) is 24.0 Å². The second-order valence-electron chi connectivity index (χ2n) is 3.22. The average molecular weight is 202 g/mol. The zero-order chi connectivity index (χ0) is 11.5. The molecule has 1 aromatic carbocycles. The summed E-state index contributed by atoms with van der Waals surface area (Å²) in [5.74, 6) is 6.39. The van der Waals surface area contributed by atoms with Gasteiger partial charge in [0.25, 0.3) is 0 Å². The van der Waals surface area contributed by atoms with E-state index < -0.39 is 0 Å². The van der Waals surface area contributed by atoms with Crippen LogP contribution in [0.3, 0.4) is 0 Å². The third-order valence-electron chi connectivity index (χ3n) is 2.02. The first-order valence-corrected chi connectivity index (χ1v) is 5.89. The molecule has 0 spiro atoms. The SMILES string of the molecule is CC.CCCCC#Cc1ccccc1C. The Kier molecular flexibility index (Phi) is 8.58. The molecule has 0 unspecified atom stereocenters. The monoisotopic (exact) mass is 202 g/mol. The van der Waals surface area contributed by atoms with E-state index in [2.05, 4.69) is 37.8 Å². The predicted molar refractivity (Wildman–Crippen MR) is 68.9 cm³/mol. The number of aryl methyl sites for hydroxylation is 1. The van der Waals surface area contributed by atoms with Crippen molar-refractivity contribution in [2.45, 2.75) is 47.0 Å². The highest BCUT2D eigenvalue weighted by Crippen LogP contribution is 2.04. The van der Waals surface area contributed by atoms with E-state index in [9.17, 15) is 0 Å². The normalized spacial score (nSPS) is 8.27. The number of benzene rings is 1. The summed E-state index contributed by atoms with van der Waals surface area (Å²) in [6, 6.07) is 8.27. The largest absolute Gasteiger partial charge is 0.0979 e. The van der Waals surface area contributed by atoms with Crippen molar-refractivity contribution in [3.8, 4) is 11.8 Å². The van der Waals surface area contributed by atoms with Crippen molar-refractivity contribution in [3.63, 3.8) is 0 Å². The number of unbranched alkanes of at least 4 members (excludes halogenated alkanes) is 2. The van der Waals surface area contributed by atoms with Gasteiger partial charge >= 0.3 is 0 Å². The van der Waals surface area contributed by atoms with Crippen molar-refractivity contribution in [3.05, 3.63) is 35.4 Å². The fraction of sp³-hybridized carbons (Fsp3) is 0.467. The lowest BCUT2D eigenvalue weighted by Crippen LogP contribution is -1.79. The van der Waals surface area contributed by atoms with Crippen molar-refractivity contribution in [1.29, 1.82) is 0 Å². The maximum absolute atomic E-state index is 3.20. The molecule has 15 heavy (non-hydrogen) atoms. The Morgan fingerprint density at radius 1 is 1.13 bits per heavy atom. The van der Waals surface area contributed by atoms with E-state index in [1.807, 2.05) is 26.0 Å². The van der Waals surface area contributed by atoms with Crippen LogP contribution in [-0.4, -0.2) is 0 Å². The molecule has 0 aliphatic carbocycles. The lowest BCUT2D eigenvalue weighted by atomic mass is 10.1. The third kappa shape index (κ3) is 5.96. The molecule has 0 amide bonds. The van der Waals surface area contributed by atoms with Gasteiger partial charge in [0, 0.05) is 12.0 Å².